The van der Waals surface area contributed by atoms with Gasteiger partial charge in [-0.05, 0) is 24.3 Å². The van der Waals surface area contributed by atoms with E-state index >= 15 is 0 Å². The molecule has 0 aromatic heterocycles. The summed E-state index contributed by atoms with van der Waals surface area (Å²) in [4.78, 5) is 36.7. The average molecular weight is 445 g/mol. The van der Waals surface area contributed by atoms with Gasteiger partial charge in [-0.15, -0.1) is 0 Å². The van der Waals surface area contributed by atoms with Crippen molar-refractivity contribution in [3.63, 3.8) is 0 Å². The lowest BCUT2D eigenvalue weighted by atomic mass is 10.1. The standard InChI is InChI=1S/C21H23N3O8/c1-28-15-8-12(9-16(29-2)19(15)30-3)20(26)22-10-18(25)23-24-21(27)17-11-31-13-6-4-5-7-14(13)32-17/h4-9,17H,10-11H2,1-3H3,(H,22,26)(H,23,25)(H,24,27)/t17-/m1/s1. The van der Waals surface area contributed by atoms with Crippen molar-refractivity contribution >= 4 is 17.7 Å². The quantitative estimate of drug-likeness (QED) is 0.523. The molecule has 0 fully saturated rings. The van der Waals surface area contributed by atoms with Gasteiger partial charge in [0.1, 0.15) is 6.61 Å². The highest BCUT2D eigenvalue weighted by Crippen LogP contribution is 2.38. The van der Waals surface area contributed by atoms with Crippen molar-refractivity contribution in [3.05, 3.63) is 42.0 Å². The molecule has 11 nitrogen and oxygen atoms in total. The Bertz CT molecular complexity index is 985. The Morgan fingerprint density at radius 2 is 1.62 bits per heavy atom. The molecule has 3 amide bonds. The molecule has 0 spiro atoms. The molecule has 32 heavy (non-hydrogen) atoms. The highest BCUT2D eigenvalue weighted by Gasteiger charge is 2.27. The van der Waals surface area contributed by atoms with Crippen LogP contribution in [0.4, 0.5) is 0 Å². The molecule has 0 bridgehead atoms. The largest absolute Gasteiger partial charge is 0.493 e. The maximum absolute atomic E-state index is 12.4. The molecule has 3 N–H and O–H groups in total. The molecule has 1 aliphatic rings. The van der Waals surface area contributed by atoms with Crippen molar-refractivity contribution in [2.45, 2.75) is 6.10 Å². The first-order chi connectivity index (χ1) is 15.5. The molecule has 2 aromatic rings. The number of rotatable bonds is 7. The average Bonchev–Trinajstić information content (AvgIpc) is 2.84. The van der Waals surface area contributed by atoms with Crippen LogP contribution in [-0.2, 0) is 9.59 Å². The van der Waals surface area contributed by atoms with Crippen LogP contribution >= 0.6 is 0 Å². The van der Waals surface area contributed by atoms with Gasteiger partial charge in [0.2, 0.25) is 11.9 Å². The number of hydrogen-bond acceptors (Lipinski definition) is 8. The van der Waals surface area contributed by atoms with E-state index in [4.69, 9.17) is 23.7 Å². The van der Waals surface area contributed by atoms with E-state index in [1.165, 1.54) is 33.5 Å². The van der Waals surface area contributed by atoms with Gasteiger partial charge >= 0.3 is 0 Å². The zero-order valence-corrected chi connectivity index (χ0v) is 17.7. The van der Waals surface area contributed by atoms with Gasteiger partial charge in [0.05, 0.1) is 27.9 Å². The summed E-state index contributed by atoms with van der Waals surface area (Å²) < 4.78 is 26.6. The number of hydrazine groups is 1. The maximum atomic E-state index is 12.4. The number of para-hydroxylation sites is 2. The van der Waals surface area contributed by atoms with Crippen molar-refractivity contribution in [2.24, 2.45) is 0 Å². The number of fused-ring (bicyclic) bond motifs is 1. The molecule has 0 unspecified atom stereocenters. The fraction of sp³-hybridized carbons (Fsp3) is 0.286. The number of amides is 3. The van der Waals surface area contributed by atoms with Gasteiger partial charge in [-0.3, -0.25) is 25.2 Å². The third kappa shape index (κ3) is 5.12. The molecule has 11 heteroatoms. The van der Waals surface area contributed by atoms with Crippen LogP contribution < -0.4 is 39.9 Å². The summed E-state index contributed by atoms with van der Waals surface area (Å²) in [6, 6.07) is 9.84. The minimum absolute atomic E-state index is 0.00338. The number of nitrogens with one attached hydrogen (secondary N) is 3. The van der Waals surface area contributed by atoms with Gasteiger partial charge in [0.15, 0.2) is 23.0 Å². The summed E-state index contributed by atoms with van der Waals surface area (Å²) in [6.07, 6.45) is -0.931. The number of methoxy groups -OCH3 is 3. The lowest BCUT2D eigenvalue weighted by Gasteiger charge is -2.25. The summed E-state index contributed by atoms with van der Waals surface area (Å²) >= 11 is 0. The second-order valence-electron chi connectivity index (χ2n) is 6.50. The van der Waals surface area contributed by atoms with Crippen molar-refractivity contribution in [1.29, 1.82) is 0 Å². The van der Waals surface area contributed by atoms with Gasteiger partial charge in [-0.1, -0.05) is 12.1 Å². The van der Waals surface area contributed by atoms with E-state index in [9.17, 15) is 14.4 Å². The molecular formula is C21H23N3O8. The SMILES string of the molecule is COc1cc(C(=O)NCC(=O)NNC(=O)[C@H]2COc3ccccc3O2)cc(OC)c1OC. The molecule has 0 radical (unpaired) electrons. The topological polar surface area (TPSA) is 133 Å². The fourth-order valence-corrected chi connectivity index (χ4v) is 2.88. The molecule has 0 saturated carbocycles. The summed E-state index contributed by atoms with van der Waals surface area (Å²) in [6.45, 7) is -0.392. The Labute approximate surface area is 183 Å². The van der Waals surface area contributed by atoms with Crippen LogP contribution in [-0.4, -0.2) is 58.3 Å². The third-order valence-corrected chi connectivity index (χ3v) is 4.46. The molecule has 3 rings (SSSR count). The Morgan fingerprint density at radius 1 is 0.969 bits per heavy atom. The zero-order chi connectivity index (χ0) is 23.1. The Morgan fingerprint density at radius 3 is 2.25 bits per heavy atom. The predicted molar refractivity (Wildman–Crippen MR) is 111 cm³/mol. The molecule has 1 atom stereocenters. The summed E-state index contributed by atoms with van der Waals surface area (Å²) in [7, 11) is 4.30. The van der Waals surface area contributed by atoms with Crippen LogP contribution in [0, 0.1) is 0 Å². The van der Waals surface area contributed by atoms with Crippen LogP contribution in [0.15, 0.2) is 36.4 Å². The normalized spacial score (nSPS) is 14.0. The van der Waals surface area contributed by atoms with Gasteiger partial charge < -0.3 is 29.0 Å². The van der Waals surface area contributed by atoms with Crippen LogP contribution in [0.25, 0.3) is 0 Å². The van der Waals surface area contributed by atoms with Crippen molar-refractivity contribution in [2.75, 3.05) is 34.5 Å². The van der Waals surface area contributed by atoms with E-state index in [0.717, 1.165) is 0 Å². The van der Waals surface area contributed by atoms with Gasteiger partial charge in [-0.25, -0.2) is 0 Å². The van der Waals surface area contributed by atoms with Crippen molar-refractivity contribution in [3.8, 4) is 28.7 Å². The first-order valence-electron chi connectivity index (χ1n) is 9.52. The molecule has 2 aromatic carbocycles. The minimum atomic E-state index is -0.931. The van der Waals surface area contributed by atoms with Crippen LogP contribution in [0.2, 0.25) is 0 Å². The van der Waals surface area contributed by atoms with E-state index < -0.39 is 23.8 Å². The van der Waals surface area contributed by atoms with E-state index in [1.54, 1.807) is 24.3 Å². The highest BCUT2D eigenvalue weighted by atomic mass is 16.6. The highest BCUT2D eigenvalue weighted by molar-refractivity contribution is 5.97. The Hall–Kier alpha value is -4.15. The lowest BCUT2D eigenvalue weighted by Crippen LogP contribution is -2.52. The molecule has 1 heterocycles. The second kappa shape index (κ2) is 10.2. The summed E-state index contributed by atoms with van der Waals surface area (Å²) in [5.41, 5.74) is 4.66. The van der Waals surface area contributed by atoms with E-state index in [2.05, 4.69) is 16.2 Å². The molecule has 0 aliphatic carbocycles. The molecule has 0 saturated heterocycles. The van der Waals surface area contributed by atoms with Gasteiger partial charge in [-0.2, -0.15) is 0 Å². The van der Waals surface area contributed by atoms with E-state index in [-0.39, 0.29) is 18.7 Å². The van der Waals surface area contributed by atoms with Crippen LogP contribution in [0.1, 0.15) is 10.4 Å². The lowest BCUT2D eigenvalue weighted by molar-refractivity contribution is -0.134. The number of carbonyl (C=O) groups is 3. The molecule has 170 valence electrons. The third-order valence-electron chi connectivity index (χ3n) is 4.46. The maximum Gasteiger partial charge on any atom is 0.283 e. The summed E-state index contributed by atoms with van der Waals surface area (Å²) in [5.74, 6) is 0.114. The Balaban J connectivity index is 1.50. The predicted octanol–water partition coefficient (Wildman–Crippen LogP) is 0.430. The second-order valence-corrected chi connectivity index (χ2v) is 6.50. The van der Waals surface area contributed by atoms with Crippen LogP contribution in [0.5, 0.6) is 28.7 Å². The first kappa shape index (κ1) is 22.5. The number of hydrogen-bond donors (Lipinski definition) is 3. The number of benzene rings is 2. The number of carbonyl (C=O) groups excluding carboxylic acids is 3. The van der Waals surface area contributed by atoms with E-state index in [1.807, 2.05) is 0 Å². The Kier molecular flexibility index (Phi) is 7.21. The minimum Gasteiger partial charge on any atom is -0.493 e. The first-order valence-corrected chi connectivity index (χ1v) is 9.52. The van der Waals surface area contributed by atoms with Crippen molar-refractivity contribution < 1.29 is 38.1 Å². The van der Waals surface area contributed by atoms with Gasteiger partial charge in [0, 0.05) is 5.56 Å². The fourth-order valence-electron chi connectivity index (χ4n) is 2.88. The monoisotopic (exact) mass is 445 g/mol. The number of ether oxygens (including phenoxy) is 5. The molecular weight excluding hydrogens is 422 g/mol. The van der Waals surface area contributed by atoms with Gasteiger partial charge in [0.25, 0.3) is 17.7 Å². The molecule has 1 aliphatic heterocycles. The van der Waals surface area contributed by atoms with Crippen molar-refractivity contribution in [1.82, 2.24) is 16.2 Å². The smallest absolute Gasteiger partial charge is 0.283 e. The zero-order valence-electron chi connectivity index (χ0n) is 17.7. The van der Waals surface area contributed by atoms with E-state index in [0.29, 0.717) is 28.7 Å². The van der Waals surface area contributed by atoms with Crippen LogP contribution in [0.3, 0.4) is 0 Å². The summed E-state index contributed by atoms with van der Waals surface area (Å²) in [5, 5.41) is 2.44.